The summed E-state index contributed by atoms with van der Waals surface area (Å²) in [6.45, 7) is 4.43. The number of nitrogens with zero attached hydrogens (tertiary/aromatic N) is 3. The molecule has 1 aliphatic rings. The van der Waals surface area contributed by atoms with Crippen molar-refractivity contribution in [3.63, 3.8) is 0 Å². The Kier molecular flexibility index (Phi) is 3.58. The van der Waals surface area contributed by atoms with Crippen LogP contribution >= 0.6 is 11.3 Å². The smallest absolute Gasteiger partial charge is 0.258 e. The Balaban J connectivity index is 1.68. The SMILES string of the molecule is Cc1nc2scc(C)n2c1[C@@H]1Nc2ccccc2C(=O)N1Cc1ccco1. The second kappa shape index (κ2) is 5.99. The Labute approximate surface area is 160 Å². The Hall–Kier alpha value is -3.06. The highest BCUT2D eigenvalue weighted by Crippen LogP contribution is 2.36. The molecule has 0 bridgehead atoms. The topological polar surface area (TPSA) is 62.8 Å². The third kappa shape index (κ3) is 2.46. The predicted octanol–water partition coefficient (Wildman–Crippen LogP) is 4.37. The molecular formula is C20H18N4O2S. The normalized spacial score (nSPS) is 16.6. The van der Waals surface area contributed by atoms with E-state index >= 15 is 0 Å². The number of carbonyl (C=O) groups excluding carboxylic acids is 1. The molecule has 0 fully saturated rings. The van der Waals surface area contributed by atoms with Gasteiger partial charge in [0.05, 0.1) is 29.8 Å². The lowest BCUT2D eigenvalue weighted by Crippen LogP contribution is -2.43. The van der Waals surface area contributed by atoms with Crippen LogP contribution in [0.4, 0.5) is 5.69 Å². The summed E-state index contributed by atoms with van der Waals surface area (Å²) in [4.78, 5) is 20.8. The number of thiazole rings is 1. The highest BCUT2D eigenvalue weighted by molar-refractivity contribution is 7.15. The van der Waals surface area contributed by atoms with E-state index in [0.29, 0.717) is 12.1 Å². The quantitative estimate of drug-likeness (QED) is 0.575. The number of aromatic nitrogens is 2. The third-order valence-corrected chi connectivity index (χ3v) is 5.88. The largest absolute Gasteiger partial charge is 0.467 e. The van der Waals surface area contributed by atoms with Gasteiger partial charge in [0.25, 0.3) is 5.91 Å². The molecule has 1 N–H and O–H groups in total. The maximum absolute atomic E-state index is 13.3. The summed E-state index contributed by atoms with van der Waals surface area (Å²) >= 11 is 1.61. The molecule has 3 aromatic heterocycles. The first-order valence-electron chi connectivity index (χ1n) is 8.75. The molecule has 27 heavy (non-hydrogen) atoms. The number of rotatable bonds is 3. The van der Waals surface area contributed by atoms with Gasteiger partial charge in [0.1, 0.15) is 11.9 Å². The number of aryl methyl sites for hydroxylation is 2. The number of fused-ring (bicyclic) bond motifs is 2. The molecule has 136 valence electrons. The molecule has 0 spiro atoms. The van der Waals surface area contributed by atoms with E-state index in [-0.39, 0.29) is 12.1 Å². The highest BCUT2D eigenvalue weighted by Gasteiger charge is 2.36. The summed E-state index contributed by atoms with van der Waals surface area (Å²) in [5.74, 6) is 0.725. The highest BCUT2D eigenvalue weighted by atomic mass is 32.1. The summed E-state index contributed by atoms with van der Waals surface area (Å²) in [6.07, 6.45) is 1.30. The standard InChI is InChI=1S/C20H18N4O2S/c1-12-11-27-20-21-13(2)17(24(12)20)18-22-16-8-4-3-7-15(16)19(25)23(18)10-14-6-5-9-26-14/h3-9,11,18,22H,10H2,1-2H3/t18-/m1/s1. The van der Waals surface area contributed by atoms with Gasteiger partial charge in [0.15, 0.2) is 4.96 Å². The van der Waals surface area contributed by atoms with Gasteiger partial charge in [-0.3, -0.25) is 9.20 Å². The summed E-state index contributed by atoms with van der Waals surface area (Å²) < 4.78 is 7.66. The zero-order chi connectivity index (χ0) is 18.5. The Bertz CT molecular complexity index is 1140. The zero-order valence-electron chi connectivity index (χ0n) is 15.0. The van der Waals surface area contributed by atoms with Crippen molar-refractivity contribution in [1.82, 2.24) is 14.3 Å². The molecule has 7 heteroatoms. The number of benzene rings is 1. The number of anilines is 1. The molecule has 0 radical (unpaired) electrons. The second-order valence-corrected chi connectivity index (χ2v) is 7.52. The monoisotopic (exact) mass is 378 g/mol. The van der Waals surface area contributed by atoms with E-state index in [1.54, 1.807) is 17.6 Å². The lowest BCUT2D eigenvalue weighted by atomic mass is 10.1. The molecule has 4 aromatic rings. The van der Waals surface area contributed by atoms with Crippen molar-refractivity contribution in [1.29, 1.82) is 0 Å². The Morgan fingerprint density at radius 1 is 1.22 bits per heavy atom. The van der Waals surface area contributed by atoms with Crippen LogP contribution in [0.2, 0.25) is 0 Å². The maximum atomic E-state index is 13.3. The van der Waals surface area contributed by atoms with Crippen LogP contribution in [0.1, 0.15) is 39.4 Å². The van der Waals surface area contributed by atoms with Crippen molar-refractivity contribution in [2.75, 3.05) is 5.32 Å². The average Bonchev–Trinajstić information content (AvgIpc) is 3.37. The van der Waals surface area contributed by atoms with Gasteiger partial charge in [-0.1, -0.05) is 12.1 Å². The zero-order valence-corrected chi connectivity index (χ0v) is 15.8. The maximum Gasteiger partial charge on any atom is 0.258 e. The van der Waals surface area contributed by atoms with Gasteiger partial charge in [-0.05, 0) is 38.1 Å². The first kappa shape index (κ1) is 16.1. The van der Waals surface area contributed by atoms with Crippen molar-refractivity contribution < 1.29 is 9.21 Å². The third-order valence-electron chi connectivity index (χ3n) is 4.94. The molecule has 5 rings (SSSR count). The lowest BCUT2D eigenvalue weighted by molar-refractivity contribution is 0.0646. The van der Waals surface area contributed by atoms with E-state index in [2.05, 4.69) is 22.0 Å². The van der Waals surface area contributed by atoms with Crippen molar-refractivity contribution in [3.05, 3.63) is 76.4 Å². The van der Waals surface area contributed by atoms with E-state index in [1.165, 1.54) is 0 Å². The second-order valence-electron chi connectivity index (χ2n) is 6.68. The average molecular weight is 378 g/mol. The number of nitrogens with one attached hydrogen (secondary N) is 1. The fourth-order valence-electron chi connectivity index (χ4n) is 3.69. The minimum Gasteiger partial charge on any atom is -0.467 e. The van der Waals surface area contributed by atoms with Crippen LogP contribution in [0.15, 0.2) is 52.5 Å². The molecule has 0 saturated heterocycles. The Morgan fingerprint density at radius 3 is 2.89 bits per heavy atom. The molecule has 0 unspecified atom stereocenters. The van der Waals surface area contributed by atoms with E-state index in [4.69, 9.17) is 9.40 Å². The predicted molar refractivity (Wildman–Crippen MR) is 104 cm³/mol. The minimum absolute atomic E-state index is 0.0204. The fourth-order valence-corrected chi connectivity index (χ4v) is 4.61. The van der Waals surface area contributed by atoms with Crippen LogP contribution in [0.25, 0.3) is 4.96 Å². The van der Waals surface area contributed by atoms with Gasteiger partial charge in [-0.25, -0.2) is 4.98 Å². The van der Waals surface area contributed by atoms with E-state index in [1.807, 2.05) is 48.2 Å². The number of amides is 1. The molecule has 0 saturated carbocycles. The van der Waals surface area contributed by atoms with Gasteiger partial charge >= 0.3 is 0 Å². The van der Waals surface area contributed by atoms with Crippen molar-refractivity contribution in [2.45, 2.75) is 26.6 Å². The number of para-hydroxylation sites is 1. The molecule has 6 nitrogen and oxygen atoms in total. The number of hydrogen-bond acceptors (Lipinski definition) is 5. The van der Waals surface area contributed by atoms with Crippen LogP contribution in [-0.2, 0) is 6.54 Å². The molecule has 0 aliphatic carbocycles. The summed E-state index contributed by atoms with van der Waals surface area (Å²) in [7, 11) is 0. The minimum atomic E-state index is -0.333. The van der Waals surface area contributed by atoms with Gasteiger partial charge in [0.2, 0.25) is 0 Å². The summed E-state index contributed by atoms with van der Waals surface area (Å²) in [6, 6.07) is 11.3. The number of imidazole rings is 1. The number of carbonyl (C=O) groups is 1. The summed E-state index contributed by atoms with van der Waals surface area (Å²) in [5.41, 5.74) is 4.51. The van der Waals surface area contributed by atoms with Gasteiger partial charge in [-0.15, -0.1) is 11.3 Å². The molecular weight excluding hydrogens is 360 g/mol. The van der Waals surface area contributed by atoms with Gasteiger partial charge in [-0.2, -0.15) is 0 Å². The van der Waals surface area contributed by atoms with Crippen molar-refractivity contribution >= 4 is 27.9 Å². The molecule has 1 aromatic carbocycles. The van der Waals surface area contributed by atoms with Crippen LogP contribution in [0.5, 0.6) is 0 Å². The van der Waals surface area contributed by atoms with Gasteiger partial charge in [0, 0.05) is 16.8 Å². The van der Waals surface area contributed by atoms with Crippen molar-refractivity contribution in [3.8, 4) is 0 Å². The van der Waals surface area contributed by atoms with Crippen LogP contribution in [0.3, 0.4) is 0 Å². The van der Waals surface area contributed by atoms with E-state index in [9.17, 15) is 4.79 Å². The van der Waals surface area contributed by atoms with Crippen LogP contribution < -0.4 is 5.32 Å². The van der Waals surface area contributed by atoms with Crippen LogP contribution in [0, 0.1) is 13.8 Å². The number of hydrogen-bond donors (Lipinski definition) is 1. The Morgan fingerprint density at radius 2 is 2.07 bits per heavy atom. The first-order chi connectivity index (χ1) is 13.1. The molecule has 1 atom stereocenters. The molecule has 4 heterocycles. The summed E-state index contributed by atoms with van der Waals surface area (Å²) in [5, 5.41) is 5.63. The van der Waals surface area contributed by atoms with E-state index in [0.717, 1.165) is 33.5 Å². The molecule has 1 amide bonds. The van der Waals surface area contributed by atoms with Crippen molar-refractivity contribution in [2.24, 2.45) is 0 Å². The molecule has 1 aliphatic heterocycles. The van der Waals surface area contributed by atoms with Crippen LogP contribution in [-0.4, -0.2) is 20.2 Å². The van der Waals surface area contributed by atoms with E-state index < -0.39 is 0 Å². The fraction of sp³-hybridized carbons (Fsp3) is 0.200. The lowest BCUT2D eigenvalue weighted by Gasteiger charge is -2.37. The van der Waals surface area contributed by atoms with Gasteiger partial charge < -0.3 is 14.6 Å². The first-order valence-corrected chi connectivity index (χ1v) is 9.63. The number of furan rings is 1.